The number of hydrogen-bond acceptors (Lipinski definition) is 5. The van der Waals surface area contributed by atoms with Gasteiger partial charge in [-0.25, -0.2) is 0 Å². The van der Waals surface area contributed by atoms with Gasteiger partial charge in [0, 0.05) is 0 Å². The molecule has 0 aliphatic heterocycles. The Morgan fingerprint density at radius 1 is 0.643 bits per heavy atom. The summed E-state index contributed by atoms with van der Waals surface area (Å²) in [5.74, 6) is 0. The molecule has 1 atom stereocenters. The third-order valence-corrected chi connectivity index (χ3v) is 4.77. The fraction of sp³-hybridized carbons (Fsp3) is 1.00. The van der Waals surface area contributed by atoms with E-state index in [1.165, 1.54) is 96.3 Å². The van der Waals surface area contributed by atoms with Gasteiger partial charge in [-0.2, -0.15) is 8.42 Å². The Morgan fingerprint density at radius 3 is 1.14 bits per heavy atom. The zero-order valence-corrected chi connectivity index (χ0v) is 18.6. The number of nitrogens with two attached hydrogens (primary N) is 1. The summed E-state index contributed by atoms with van der Waals surface area (Å²) in [5, 5.41) is 17.8. The minimum absolute atomic E-state index is 0.471. The third kappa shape index (κ3) is 33.3. The average molecular weight is 428 g/mol. The molecule has 7 nitrogen and oxygen atoms in total. The molecule has 28 heavy (non-hydrogen) atoms. The first kappa shape index (κ1) is 29.9. The summed E-state index contributed by atoms with van der Waals surface area (Å²) in [7, 11) is -4.67. The molecule has 0 aromatic carbocycles. The molecule has 0 saturated carbocycles. The normalized spacial score (nSPS) is 12.7. The highest BCUT2D eigenvalue weighted by Crippen LogP contribution is 2.14. The van der Waals surface area contributed by atoms with Crippen molar-refractivity contribution in [1.29, 1.82) is 0 Å². The minimum Gasteiger partial charge on any atom is -0.367 e. The van der Waals surface area contributed by atoms with Crippen molar-refractivity contribution in [3.63, 3.8) is 0 Å². The van der Waals surface area contributed by atoms with E-state index >= 15 is 0 Å². The largest absolute Gasteiger partial charge is 0.394 e. The van der Waals surface area contributed by atoms with Crippen molar-refractivity contribution in [3.05, 3.63) is 0 Å². The van der Waals surface area contributed by atoms with Gasteiger partial charge in [0.2, 0.25) is 0 Å². The van der Waals surface area contributed by atoms with E-state index in [1.807, 2.05) is 0 Å². The molecule has 0 radical (unpaired) electrons. The van der Waals surface area contributed by atoms with E-state index in [4.69, 9.17) is 33.5 Å². The molecule has 0 spiro atoms. The highest BCUT2D eigenvalue weighted by Gasteiger charge is 2.09. The van der Waals surface area contributed by atoms with Crippen molar-refractivity contribution >= 4 is 10.4 Å². The van der Waals surface area contributed by atoms with Gasteiger partial charge in [-0.15, -0.1) is 0 Å². The van der Waals surface area contributed by atoms with Crippen LogP contribution in [0.15, 0.2) is 0 Å². The monoisotopic (exact) mass is 427 g/mol. The SMILES string of the molecule is CCCCCCCCCCCCCCCCCCC(N)C(O)O.O=S(=O)(O)O. The fourth-order valence-corrected chi connectivity index (χ4v) is 3.08. The lowest BCUT2D eigenvalue weighted by Gasteiger charge is -2.12. The predicted molar refractivity (Wildman–Crippen MR) is 115 cm³/mol. The maximum absolute atomic E-state index is 8.88. The van der Waals surface area contributed by atoms with Crippen LogP contribution in [0.2, 0.25) is 0 Å². The molecule has 0 aromatic heterocycles. The Labute approximate surface area is 172 Å². The summed E-state index contributed by atoms with van der Waals surface area (Å²) in [6.07, 6.45) is 21.0. The molecule has 0 bridgehead atoms. The van der Waals surface area contributed by atoms with Crippen molar-refractivity contribution < 1.29 is 27.7 Å². The van der Waals surface area contributed by atoms with Crippen LogP contribution in [0.1, 0.15) is 116 Å². The quantitative estimate of drug-likeness (QED) is 0.122. The molecule has 0 heterocycles. The number of unbranched alkanes of at least 4 members (excludes halogenated alkanes) is 15. The highest BCUT2D eigenvalue weighted by molar-refractivity contribution is 7.79. The summed E-state index contributed by atoms with van der Waals surface area (Å²) in [4.78, 5) is 0. The second-order valence-electron chi connectivity index (χ2n) is 7.62. The number of aliphatic hydroxyl groups is 2. The van der Waals surface area contributed by atoms with Crippen LogP contribution in [0.4, 0.5) is 0 Å². The smallest absolute Gasteiger partial charge is 0.367 e. The van der Waals surface area contributed by atoms with Gasteiger partial charge in [-0.1, -0.05) is 110 Å². The fourth-order valence-electron chi connectivity index (χ4n) is 3.08. The highest BCUT2D eigenvalue weighted by atomic mass is 32.3. The maximum Gasteiger partial charge on any atom is 0.394 e. The summed E-state index contributed by atoms with van der Waals surface area (Å²) in [6.45, 7) is 2.28. The van der Waals surface area contributed by atoms with Crippen LogP contribution in [0.5, 0.6) is 0 Å². The lowest BCUT2D eigenvalue weighted by atomic mass is 10.0. The molecule has 6 N–H and O–H groups in total. The Kier molecular flexibility index (Phi) is 23.0. The first-order chi connectivity index (χ1) is 13.2. The zero-order valence-electron chi connectivity index (χ0n) is 17.8. The molecule has 0 rings (SSSR count). The van der Waals surface area contributed by atoms with Crippen LogP contribution in [0, 0.1) is 0 Å². The Hall–Kier alpha value is -0.250. The van der Waals surface area contributed by atoms with Crippen LogP contribution < -0.4 is 5.73 Å². The topological polar surface area (TPSA) is 141 Å². The van der Waals surface area contributed by atoms with E-state index < -0.39 is 22.7 Å². The molecule has 172 valence electrons. The summed E-state index contributed by atoms with van der Waals surface area (Å²) < 4.78 is 31.6. The summed E-state index contributed by atoms with van der Waals surface area (Å²) >= 11 is 0. The Morgan fingerprint density at radius 2 is 0.893 bits per heavy atom. The van der Waals surface area contributed by atoms with Crippen molar-refractivity contribution in [2.45, 2.75) is 128 Å². The van der Waals surface area contributed by atoms with Gasteiger partial charge in [0.1, 0.15) is 0 Å². The van der Waals surface area contributed by atoms with Gasteiger partial charge >= 0.3 is 10.4 Å². The van der Waals surface area contributed by atoms with Crippen molar-refractivity contribution in [2.75, 3.05) is 0 Å². The van der Waals surface area contributed by atoms with Crippen molar-refractivity contribution in [2.24, 2.45) is 5.73 Å². The van der Waals surface area contributed by atoms with E-state index in [0.717, 1.165) is 12.8 Å². The molecule has 8 heteroatoms. The lowest BCUT2D eigenvalue weighted by Crippen LogP contribution is -2.34. The second kappa shape index (κ2) is 21.5. The number of hydrogen-bond donors (Lipinski definition) is 5. The standard InChI is InChI=1S/C20H43NO2.H2O4S/c1-2-3-4-5-6-7-8-9-10-11-12-13-14-15-16-17-18-19(21)20(22)23;1-5(2,3)4/h19-20,22-23H,2-18,21H2,1H3;(H2,1,2,3,4). The zero-order chi connectivity index (χ0) is 21.7. The van der Waals surface area contributed by atoms with Crippen molar-refractivity contribution in [1.82, 2.24) is 0 Å². The molecule has 0 saturated heterocycles. The predicted octanol–water partition coefficient (Wildman–Crippen LogP) is 4.62. The molecule has 0 aromatic rings. The van der Waals surface area contributed by atoms with Gasteiger partial charge in [-0.05, 0) is 6.42 Å². The second-order valence-corrected chi connectivity index (χ2v) is 8.51. The van der Waals surface area contributed by atoms with Gasteiger partial charge in [0.25, 0.3) is 0 Å². The van der Waals surface area contributed by atoms with Crippen molar-refractivity contribution in [3.8, 4) is 0 Å². The van der Waals surface area contributed by atoms with E-state index in [9.17, 15) is 0 Å². The first-order valence-electron chi connectivity index (χ1n) is 11.0. The maximum atomic E-state index is 8.88. The van der Waals surface area contributed by atoms with Crippen LogP contribution in [0.3, 0.4) is 0 Å². The molecule has 0 amide bonds. The Balaban J connectivity index is 0. The van der Waals surface area contributed by atoms with Gasteiger partial charge in [-0.3, -0.25) is 9.11 Å². The number of rotatable bonds is 18. The van der Waals surface area contributed by atoms with Crippen LogP contribution in [-0.2, 0) is 10.4 Å². The van der Waals surface area contributed by atoms with Crippen LogP contribution in [0.25, 0.3) is 0 Å². The average Bonchev–Trinajstić information content (AvgIpc) is 2.59. The summed E-state index contributed by atoms with van der Waals surface area (Å²) in [5.41, 5.74) is 5.58. The van der Waals surface area contributed by atoms with E-state index in [0.29, 0.717) is 0 Å². The Bertz CT molecular complexity index is 396. The lowest BCUT2D eigenvalue weighted by molar-refractivity contribution is -0.0599. The summed E-state index contributed by atoms with van der Waals surface area (Å²) in [6, 6.07) is -0.471. The molecule has 0 fully saturated rings. The molecule has 0 aliphatic carbocycles. The van der Waals surface area contributed by atoms with Crippen LogP contribution >= 0.6 is 0 Å². The molecular formula is C20H45NO6S. The van der Waals surface area contributed by atoms with E-state index in [1.54, 1.807) is 0 Å². The van der Waals surface area contributed by atoms with Crippen LogP contribution in [-0.4, -0.2) is 40.1 Å². The van der Waals surface area contributed by atoms with Gasteiger partial charge in [0.15, 0.2) is 6.29 Å². The van der Waals surface area contributed by atoms with Gasteiger partial charge in [0.05, 0.1) is 6.04 Å². The van der Waals surface area contributed by atoms with Gasteiger partial charge < -0.3 is 15.9 Å². The molecule has 1 unspecified atom stereocenters. The first-order valence-corrected chi connectivity index (χ1v) is 12.4. The third-order valence-electron chi connectivity index (χ3n) is 4.77. The minimum atomic E-state index is -4.67. The molecule has 0 aliphatic rings. The number of aliphatic hydroxyl groups excluding tert-OH is 1. The molecular weight excluding hydrogens is 382 g/mol. The van der Waals surface area contributed by atoms with E-state index in [2.05, 4.69) is 6.92 Å². The van der Waals surface area contributed by atoms with E-state index in [-0.39, 0.29) is 0 Å².